The highest BCUT2D eigenvalue weighted by Gasteiger charge is 2.34. The minimum atomic E-state index is -0.788. The van der Waals surface area contributed by atoms with Gasteiger partial charge in [0.25, 0.3) is 5.91 Å². The van der Waals surface area contributed by atoms with Gasteiger partial charge >= 0.3 is 5.97 Å². The Morgan fingerprint density at radius 3 is 2.71 bits per heavy atom. The molecule has 2 atom stereocenters. The second-order valence-electron chi connectivity index (χ2n) is 5.47. The van der Waals surface area contributed by atoms with E-state index in [0.29, 0.717) is 31.0 Å². The minimum absolute atomic E-state index is 0.0652. The summed E-state index contributed by atoms with van der Waals surface area (Å²) in [4.78, 5) is 29.6. The van der Waals surface area contributed by atoms with Gasteiger partial charge < -0.3 is 14.7 Å². The SMILES string of the molecule is COc1nc(C)ccc1C(=O)N1CCC(C(=O)O)C(C)C1. The molecule has 1 N–H and O–H groups in total. The molecule has 0 aromatic carbocycles. The standard InChI is InChI=1S/C15H20N2O4/c1-9-8-17(7-6-11(9)15(19)20)14(18)12-5-4-10(2)16-13(12)21-3/h4-5,9,11H,6-8H2,1-3H3,(H,19,20). The van der Waals surface area contributed by atoms with Crippen molar-refractivity contribution in [2.75, 3.05) is 20.2 Å². The quantitative estimate of drug-likeness (QED) is 0.915. The molecule has 1 aliphatic rings. The number of carbonyl (C=O) groups is 2. The third kappa shape index (κ3) is 3.15. The fraction of sp³-hybridized carbons (Fsp3) is 0.533. The zero-order valence-corrected chi connectivity index (χ0v) is 12.5. The molecule has 1 amide bonds. The first-order valence-corrected chi connectivity index (χ1v) is 6.97. The third-order valence-corrected chi connectivity index (χ3v) is 3.93. The number of carboxylic acid groups (broad SMARTS) is 1. The molecule has 2 rings (SSSR count). The van der Waals surface area contributed by atoms with Gasteiger partial charge in [-0.1, -0.05) is 6.92 Å². The van der Waals surface area contributed by atoms with Crippen LogP contribution < -0.4 is 4.74 Å². The Morgan fingerprint density at radius 1 is 1.43 bits per heavy atom. The number of nitrogens with zero attached hydrogens (tertiary/aromatic N) is 2. The number of aromatic nitrogens is 1. The van der Waals surface area contributed by atoms with Crippen LogP contribution in [0.3, 0.4) is 0 Å². The van der Waals surface area contributed by atoms with Gasteiger partial charge in [0.1, 0.15) is 5.56 Å². The van der Waals surface area contributed by atoms with Gasteiger partial charge in [0.2, 0.25) is 5.88 Å². The number of pyridine rings is 1. The van der Waals surface area contributed by atoms with Gasteiger partial charge in [-0.3, -0.25) is 9.59 Å². The van der Waals surface area contributed by atoms with Crippen molar-refractivity contribution in [3.63, 3.8) is 0 Å². The highest BCUT2D eigenvalue weighted by molar-refractivity contribution is 5.96. The molecule has 1 fully saturated rings. The Balaban J connectivity index is 2.17. The number of amides is 1. The number of hydrogen-bond donors (Lipinski definition) is 1. The fourth-order valence-electron chi connectivity index (χ4n) is 2.72. The number of methoxy groups -OCH3 is 1. The number of piperidine rings is 1. The lowest BCUT2D eigenvalue weighted by Gasteiger charge is -2.35. The first-order chi connectivity index (χ1) is 9.93. The van der Waals surface area contributed by atoms with Crippen LogP contribution >= 0.6 is 0 Å². The van der Waals surface area contributed by atoms with Gasteiger partial charge in [0.05, 0.1) is 13.0 Å². The number of aliphatic carboxylic acids is 1. The molecule has 6 nitrogen and oxygen atoms in total. The van der Waals surface area contributed by atoms with Crippen molar-refractivity contribution < 1.29 is 19.4 Å². The zero-order valence-electron chi connectivity index (χ0n) is 12.5. The van der Waals surface area contributed by atoms with E-state index in [1.54, 1.807) is 17.0 Å². The van der Waals surface area contributed by atoms with E-state index in [1.807, 2.05) is 13.8 Å². The Bertz CT molecular complexity index is 559. The van der Waals surface area contributed by atoms with Crippen LogP contribution in [0.25, 0.3) is 0 Å². The van der Waals surface area contributed by atoms with Crippen LogP contribution in [-0.2, 0) is 4.79 Å². The lowest BCUT2D eigenvalue weighted by molar-refractivity contribution is -0.145. The van der Waals surface area contributed by atoms with Gasteiger partial charge in [-0.05, 0) is 31.4 Å². The summed E-state index contributed by atoms with van der Waals surface area (Å²) in [6, 6.07) is 3.47. The van der Waals surface area contributed by atoms with Crippen molar-refractivity contribution in [1.82, 2.24) is 9.88 Å². The predicted octanol–water partition coefficient (Wildman–Crippen LogP) is 1.58. The van der Waals surface area contributed by atoms with Gasteiger partial charge in [0, 0.05) is 18.8 Å². The van der Waals surface area contributed by atoms with E-state index in [9.17, 15) is 9.59 Å². The van der Waals surface area contributed by atoms with E-state index in [-0.39, 0.29) is 17.7 Å². The van der Waals surface area contributed by atoms with Gasteiger partial charge in [-0.15, -0.1) is 0 Å². The molecule has 2 unspecified atom stereocenters. The topological polar surface area (TPSA) is 79.7 Å². The molecule has 1 saturated heterocycles. The molecule has 0 bridgehead atoms. The van der Waals surface area contributed by atoms with E-state index in [4.69, 9.17) is 9.84 Å². The smallest absolute Gasteiger partial charge is 0.306 e. The van der Waals surface area contributed by atoms with Crippen LogP contribution in [0.2, 0.25) is 0 Å². The molecule has 6 heteroatoms. The van der Waals surface area contributed by atoms with Crippen molar-refractivity contribution in [3.05, 3.63) is 23.4 Å². The van der Waals surface area contributed by atoms with Crippen LogP contribution in [0, 0.1) is 18.8 Å². The molecule has 1 aliphatic heterocycles. The van der Waals surface area contributed by atoms with E-state index in [1.165, 1.54) is 7.11 Å². The summed E-state index contributed by atoms with van der Waals surface area (Å²) in [6.07, 6.45) is 0.476. The first-order valence-electron chi connectivity index (χ1n) is 6.97. The third-order valence-electron chi connectivity index (χ3n) is 3.93. The molecule has 0 spiro atoms. The van der Waals surface area contributed by atoms with Crippen molar-refractivity contribution in [1.29, 1.82) is 0 Å². The Labute approximate surface area is 123 Å². The molecule has 114 valence electrons. The van der Waals surface area contributed by atoms with E-state index < -0.39 is 5.97 Å². The largest absolute Gasteiger partial charge is 0.481 e. The number of hydrogen-bond acceptors (Lipinski definition) is 4. The molecule has 1 aromatic rings. The van der Waals surface area contributed by atoms with E-state index in [2.05, 4.69) is 4.98 Å². The van der Waals surface area contributed by atoms with E-state index >= 15 is 0 Å². The minimum Gasteiger partial charge on any atom is -0.481 e. The average Bonchev–Trinajstić information content (AvgIpc) is 2.45. The average molecular weight is 292 g/mol. The Hall–Kier alpha value is -2.11. The number of likely N-dealkylation sites (tertiary alicyclic amines) is 1. The summed E-state index contributed by atoms with van der Waals surface area (Å²) in [5, 5.41) is 9.13. The van der Waals surface area contributed by atoms with Crippen molar-refractivity contribution in [2.45, 2.75) is 20.3 Å². The highest BCUT2D eigenvalue weighted by atomic mass is 16.5. The molecular formula is C15H20N2O4. The van der Waals surface area contributed by atoms with Crippen LogP contribution in [0.1, 0.15) is 29.4 Å². The monoisotopic (exact) mass is 292 g/mol. The molecule has 0 aliphatic carbocycles. The van der Waals surface area contributed by atoms with Gasteiger partial charge in [-0.2, -0.15) is 0 Å². The number of ether oxygens (including phenoxy) is 1. The second-order valence-corrected chi connectivity index (χ2v) is 5.47. The summed E-state index contributed by atoms with van der Waals surface area (Å²) in [6.45, 7) is 4.57. The van der Waals surface area contributed by atoms with Crippen molar-refractivity contribution in [3.8, 4) is 5.88 Å². The molecule has 0 radical (unpaired) electrons. The fourth-order valence-corrected chi connectivity index (χ4v) is 2.72. The lowest BCUT2D eigenvalue weighted by atomic mass is 9.87. The molecule has 1 aromatic heterocycles. The first kappa shape index (κ1) is 15.3. The van der Waals surface area contributed by atoms with Crippen molar-refractivity contribution in [2.24, 2.45) is 11.8 Å². The number of rotatable bonds is 3. The summed E-state index contributed by atoms with van der Waals surface area (Å²) in [7, 11) is 1.48. The van der Waals surface area contributed by atoms with Crippen LogP contribution in [0.5, 0.6) is 5.88 Å². The highest BCUT2D eigenvalue weighted by Crippen LogP contribution is 2.26. The van der Waals surface area contributed by atoms with E-state index in [0.717, 1.165) is 5.69 Å². The Morgan fingerprint density at radius 2 is 2.14 bits per heavy atom. The molecular weight excluding hydrogens is 272 g/mol. The zero-order chi connectivity index (χ0) is 15.6. The molecule has 21 heavy (non-hydrogen) atoms. The summed E-state index contributed by atoms with van der Waals surface area (Å²) in [5.74, 6) is -1.08. The predicted molar refractivity (Wildman–Crippen MR) is 76.3 cm³/mol. The molecule has 2 heterocycles. The number of aryl methyl sites for hydroxylation is 1. The maximum absolute atomic E-state index is 12.6. The van der Waals surface area contributed by atoms with Crippen molar-refractivity contribution >= 4 is 11.9 Å². The van der Waals surface area contributed by atoms with Gasteiger partial charge in [-0.25, -0.2) is 4.98 Å². The lowest BCUT2D eigenvalue weighted by Crippen LogP contribution is -2.45. The summed E-state index contributed by atoms with van der Waals surface area (Å²) >= 11 is 0. The Kier molecular flexibility index (Phi) is 4.45. The van der Waals surface area contributed by atoms with Crippen LogP contribution in [0.15, 0.2) is 12.1 Å². The van der Waals surface area contributed by atoms with Crippen LogP contribution in [-0.4, -0.2) is 47.1 Å². The second kappa shape index (κ2) is 6.11. The number of carbonyl (C=O) groups excluding carboxylic acids is 1. The van der Waals surface area contributed by atoms with Crippen LogP contribution in [0.4, 0.5) is 0 Å². The maximum atomic E-state index is 12.6. The normalized spacial score (nSPS) is 22.0. The number of carboxylic acids is 1. The molecule has 0 saturated carbocycles. The maximum Gasteiger partial charge on any atom is 0.306 e. The summed E-state index contributed by atoms with van der Waals surface area (Å²) < 4.78 is 5.17. The summed E-state index contributed by atoms with van der Waals surface area (Å²) in [5.41, 5.74) is 1.20. The van der Waals surface area contributed by atoms with Gasteiger partial charge in [0.15, 0.2) is 0 Å².